The molecule has 0 amide bonds. The van der Waals surface area contributed by atoms with Gasteiger partial charge in [0.2, 0.25) is 5.92 Å². The van der Waals surface area contributed by atoms with Gasteiger partial charge in [-0.2, -0.15) is 13.2 Å². The van der Waals surface area contributed by atoms with Crippen molar-refractivity contribution < 1.29 is 27.1 Å². The van der Waals surface area contributed by atoms with Crippen LogP contribution in [0.4, 0.5) is 22.0 Å². The third-order valence-corrected chi connectivity index (χ3v) is 5.93. The van der Waals surface area contributed by atoms with Crippen molar-refractivity contribution in [3.05, 3.63) is 17.7 Å². The lowest BCUT2D eigenvalue weighted by Gasteiger charge is -2.41. The quantitative estimate of drug-likeness (QED) is 0.742. The first-order chi connectivity index (χ1) is 12.5. The van der Waals surface area contributed by atoms with Crippen LogP contribution in [0.15, 0.2) is 6.20 Å². The summed E-state index contributed by atoms with van der Waals surface area (Å²) >= 11 is 0. The highest BCUT2D eigenvalue weighted by Gasteiger charge is 2.59. The molecule has 0 saturated heterocycles. The zero-order chi connectivity index (χ0) is 19.9. The Labute approximate surface area is 155 Å². The van der Waals surface area contributed by atoms with Crippen molar-refractivity contribution in [2.45, 2.75) is 82.2 Å². The lowest BCUT2D eigenvalue weighted by atomic mass is 9.75. The van der Waals surface area contributed by atoms with Crippen molar-refractivity contribution in [3.8, 4) is 0 Å². The second-order valence-electron chi connectivity index (χ2n) is 7.89. The summed E-state index contributed by atoms with van der Waals surface area (Å²) in [6, 6.07) is -0.484. The molecule has 1 aliphatic carbocycles. The molecule has 1 aromatic rings. The largest absolute Gasteiger partial charge is 0.418 e. The molecule has 2 heterocycles. The number of halogens is 5. The van der Waals surface area contributed by atoms with Crippen LogP contribution in [-0.2, 0) is 13.0 Å². The summed E-state index contributed by atoms with van der Waals surface area (Å²) in [4.78, 5) is 4.48. The van der Waals surface area contributed by atoms with Gasteiger partial charge in [0, 0.05) is 44.6 Å². The fourth-order valence-corrected chi connectivity index (χ4v) is 4.05. The van der Waals surface area contributed by atoms with Crippen molar-refractivity contribution in [2.75, 3.05) is 6.54 Å². The van der Waals surface area contributed by atoms with Crippen molar-refractivity contribution in [1.82, 2.24) is 14.9 Å². The Balaban J connectivity index is 1.68. The van der Waals surface area contributed by atoms with E-state index in [9.17, 15) is 27.1 Å². The molecule has 2 aliphatic rings. The van der Waals surface area contributed by atoms with E-state index in [4.69, 9.17) is 0 Å². The van der Waals surface area contributed by atoms with Crippen LogP contribution in [0.5, 0.6) is 0 Å². The van der Waals surface area contributed by atoms with E-state index in [1.165, 1.54) is 0 Å². The highest BCUT2D eigenvalue weighted by Crippen LogP contribution is 2.46. The Hall–Kier alpha value is -1.22. The summed E-state index contributed by atoms with van der Waals surface area (Å²) in [5, 5.41) is 13.2. The standard InChI is InChI=1S/C18H26F5N3O/c1-12(14-10-26-9-3-2-4-15(26)25-14)24-11-17(27,18(21,22)23)13-5-7-16(19,20)8-6-13/h10,12-13,24,27H,2-9,11H2,1H3. The minimum atomic E-state index is -4.90. The van der Waals surface area contributed by atoms with Gasteiger partial charge in [0.15, 0.2) is 5.60 Å². The fourth-order valence-electron chi connectivity index (χ4n) is 4.05. The second-order valence-corrected chi connectivity index (χ2v) is 7.89. The van der Waals surface area contributed by atoms with E-state index >= 15 is 0 Å². The third kappa shape index (κ3) is 4.29. The Morgan fingerprint density at radius 3 is 2.56 bits per heavy atom. The fraction of sp³-hybridized carbons (Fsp3) is 0.833. The molecular formula is C18H26F5N3O. The molecule has 4 nitrogen and oxygen atoms in total. The summed E-state index contributed by atoms with van der Waals surface area (Å²) in [5.74, 6) is -3.27. The maximum Gasteiger partial charge on any atom is 0.418 e. The molecule has 2 atom stereocenters. The number of alkyl halides is 5. The number of aromatic nitrogens is 2. The van der Waals surface area contributed by atoms with Crippen LogP contribution in [0.3, 0.4) is 0 Å². The van der Waals surface area contributed by atoms with Gasteiger partial charge in [0.25, 0.3) is 0 Å². The second kappa shape index (κ2) is 7.31. The van der Waals surface area contributed by atoms with Gasteiger partial charge in [-0.25, -0.2) is 13.8 Å². The molecule has 9 heteroatoms. The minimum Gasteiger partial charge on any atom is -0.379 e. The SMILES string of the molecule is CC(NCC(O)(C1CCC(F)(F)CC1)C(F)(F)F)c1cn2c(n1)CCCC2. The predicted molar refractivity (Wildman–Crippen MR) is 89.5 cm³/mol. The summed E-state index contributed by atoms with van der Waals surface area (Å²) < 4.78 is 69.5. The van der Waals surface area contributed by atoms with Crippen LogP contribution < -0.4 is 5.32 Å². The topological polar surface area (TPSA) is 50.1 Å². The molecule has 154 valence electrons. The van der Waals surface area contributed by atoms with Gasteiger partial charge in [-0.15, -0.1) is 0 Å². The maximum absolute atomic E-state index is 13.6. The number of hydrogen-bond donors (Lipinski definition) is 2. The lowest BCUT2D eigenvalue weighted by Crippen LogP contribution is -2.59. The summed E-state index contributed by atoms with van der Waals surface area (Å²) in [6.45, 7) is 1.80. The van der Waals surface area contributed by atoms with Crippen LogP contribution in [0.1, 0.15) is 63.0 Å². The number of nitrogens with zero attached hydrogens (tertiary/aromatic N) is 2. The van der Waals surface area contributed by atoms with Crippen LogP contribution in [0.2, 0.25) is 0 Å². The van der Waals surface area contributed by atoms with E-state index in [-0.39, 0.29) is 12.8 Å². The van der Waals surface area contributed by atoms with Crippen LogP contribution in [0, 0.1) is 5.92 Å². The molecule has 1 aromatic heterocycles. The maximum atomic E-state index is 13.6. The Bertz CT molecular complexity index is 626. The highest BCUT2D eigenvalue weighted by atomic mass is 19.4. The van der Waals surface area contributed by atoms with Gasteiger partial charge < -0.3 is 15.0 Å². The first kappa shape index (κ1) is 20.5. The summed E-state index contributed by atoms with van der Waals surface area (Å²) in [6.07, 6.45) is -2.09. The Morgan fingerprint density at radius 1 is 1.30 bits per heavy atom. The van der Waals surface area contributed by atoms with Crippen LogP contribution in [-0.4, -0.2) is 38.9 Å². The molecule has 1 aliphatic heterocycles. The molecule has 2 unspecified atom stereocenters. The van der Waals surface area contributed by atoms with E-state index in [1.807, 2.05) is 10.8 Å². The van der Waals surface area contributed by atoms with E-state index < -0.39 is 49.0 Å². The van der Waals surface area contributed by atoms with Crippen molar-refractivity contribution in [2.24, 2.45) is 5.92 Å². The van der Waals surface area contributed by atoms with Crippen molar-refractivity contribution in [3.63, 3.8) is 0 Å². The number of aliphatic hydroxyl groups is 1. The van der Waals surface area contributed by atoms with Crippen molar-refractivity contribution >= 4 is 0 Å². The van der Waals surface area contributed by atoms with Crippen molar-refractivity contribution in [1.29, 1.82) is 0 Å². The Morgan fingerprint density at radius 2 is 1.96 bits per heavy atom. The Kier molecular flexibility index (Phi) is 5.55. The van der Waals surface area contributed by atoms with E-state index in [1.54, 1.807) is 6.92 Å². The number of nitrogens with one attached hydrogen (secondary N) is 1. The molecule has 0 bridgehead atoms. The van der Waals surface area contributed by atoms with E-state index in [0.29, 0.717) is 5.69 Å². The van der Waals surface area contributed by atoms with Crippen LogP contribution >= 0.6 is 0 Å². The monoisotopic (exact) mass is 395 g/mol. The molecule has 0 spiro atoms. The van der Waals surface area contributed by atoms with Gasteiger partial charge in [0.1, 0.15) is 5.82 Å². The highest BCUT2D eigenvalue weighted by molar-refractivity contribution is 5.10. The lowest BCUT2D eigenvalue weighted by molar-refractivity contribution is -0.284. The summed E-state index contributed by atoms with van der Waals surface area (Å²) in [7, 11) is 0. The zero-order valence-electron chi connectivity index (χ0n) is 15.3. The van der Waals surface area contributed by atoms with E-state index in [2.05, 4.69) is 10.3 Å². The third-order valence-electron chi connectivity index (χ3n) is 5.93. The molecule has 0 radical (unpaired) electrons. The minimum absolute atomic E-state index is 0.349. The molecule has 3 rings (SSSR count). The van der Waals surface area contributed by atoms with Crippen LogP contribution in [0.25, 0.3) is 0 Å². The average Bonchev–Trinajstić information content (AvgIpc) is 3.02. The molecule has 1 fully saturated rings. The number of imidazole rings is 1. The smallest absolute Gasteiger partial charge is 0.379 e. The summed E-state index contributed by atoms with van der Waals surface area (Å²) in [5.41, 5.74) is -2.40. The molecule has 27 heavy (non-hydrogen) atoms. The molecule has 2 N–H and O–H groups in total. The zero-order valence-corrected chi connectivity index (χ0v) is 15.3. The van der Waals surface area contributed by atoms with E-state index in [0.717, 1.165) is 31.6 Å². The number of rotatable bonds is 5. The molecule has 1 saturated carbocycles. The van der Waals surface area contributed by atoms with Gasteiger partial charge in [0.05, 0.1) is 5.69 Å². The number of aryl methyl sites for hydroxylation is 2. The van der Waals surface area contributed by atoms with Gasteiger partial charge >= 0.3 is 6.18 Å². The first-order valence-corrected chi connectivity index (χ1v) is 9.48. The van der Waals surface area contributed by atoms with Gasteiger partial charge in [-0.1, -0.05) is 0 Å². The molecule has 0 aromatic carbocycles. The van der Waals surface area contributed by atoms with Gasteiger partial charge in [-0.05, 0) is 38.5 Å². The predicted octanol–water partition coefficient (Wildman–Crippen LogP) is 3.99. The first-order valence-electron chi connectivity index (χ1n) is 9.48. The normalized spacial score (nSPS) is 24.3. The average molecular weight is 395 g/mol. The number of fused-ring (bicyclic) bond motifs is 1. The van der Waals surface area contributed by atoms with Gasteiger partial charge in [-0.3, -0.25) is 0 Å². The molecular weight excluding hydrogens is 369 g/mol. The number of hydrogen-bond acceptors (Lipinski definition) is 3.